The van der Waals surface area contributed by atoms with Crippen molar-refractivity contribution in [3.63, 3.8) is 0 Å². The molecule has 1 aliphatic heterocycles. The maximum absolute atomic E-state index is 12.4. The first-order valence-electron chi connectivity index (χ1n) is 5.92. The summed E-state index contributed by atoms with van der Waals surface area (Å²) in [6.45, 7) is 3.80. The van der Waals surface area contributed by atoms with Gasteiger partial charge in [-0.2, -0.15) is 5.26 Å². The van der Waals surface area contributed by atoms with Crippen molar-refractivity contribution in [2.45, 2.75) is 26.2 Å². The summed E-state index contributed by atoms with van der Waals surface area (Å²) in [5, 5.41) is 9.29. The molecule has 0 aromatic heterocycles. The van der Waals surface area contributed by atoms with Gasteiger partial charge in [-0.15, -0.1) is 6.42 Å². The first-order chi connectivity index (χ1) is 8.20. The topological polar surface area (TPSA) is 53.3 Å². The summed E-state index contributed by atoms with van der Waals surface area (Å²) in [6, 6.07) is 2.17. The van der Waals surface area contributed by atoms with Crippen LogP contribution in [-0.4, -0.2) is 37.1 Å². The Balaban J connectivity index is 2.83. The van der Waals surface area contributed by atoms with Crippen LogP contribution < -0.4 is 0 Å². The van der Waals surface area contributed by atoms with Crippen molar-refractivity contribution in [2.75, 3.05) is 26.3 Å². The molecular weight excluding hydrogens is 216 g/mol. The Labute approximate surface area is 103 Å². The fourth-order valence-corrected chi connectivity index (χ4v) is 2.03. The predicted molar refractivity (Wildman–Crippen MR) is 63.8 cm³/mol. The summed E-state index contributed by atoms with van der Waals surface area (Å²) in [7, 11) is 0. The van der Waals surface area contributed by atoms with Crippen LogP contribution in [0.15, 0.2) is 0 Å². The van der Waals surface area contributed by atoms with Crippen molar-refractivity contribution >= 4 is 5.91 Å². The number of carbonyl (C=O) groups is 1. The molecule has 0 N–H and O–H groups in total. The van der Waals surface area contributed by atoms with E-state index in [1.54, 1.807) is 4.90 Å². The average Bonchev–Trinajstić information content (AvgIpc) is 2.38. The van der Waals surface area contributed by atoms with Crippen LogP contribution in [0.2, 0.25) is 0 Å². The molecular formula is C13H18N2O2. The van der Waals surface area contributed by atoms with Gasteiger partial charge >= 0.3 is 0 Å². The Morgan fingerprint density at radius 3 is 2.65 bits per heavy atom. The normalized spacial score (nSPS) is 17.8. The predicted octanol–water partition coefficient (Wildman–Crippen LogP) is 1.18. The molecule has 0 aromatic rings. The van der Waals surface area contributed by atoms with E-state index in [2.05, 4.69) is 12.0 Å². The quantitative estimate of drug-likeness (QED) is 0.686. The molecule has 1 saturated heterocycles. The molecule has 4 nitrogen and oxygen atoms in total. The summed E-state index contributed by atoms with van der Waals surface area (Å²) in [5.74, 6) is 2.34. The Morgan fingerprint density at radius 2 is 2.18 bits per heavy atom. The van der Waals surface area contributed by atoms with Gasteiger partial charge in [0.15, 0.2) is 0 Å². The lowest BCUT2D eigenvalue weighted by molar-refractivity contribution is -0.142. The summed E-state index contributed by atoms with van der Waals surface area (Å²) >= 11 is 0. The molecule has 92 valence electrons. The smallest absolute Gasteiger partial charge is 0.244 e. The zero-order valence-corrected chi connectivity index (χ0v) is 10.2. The molecule has 1 amide bonds. The third kappa shape index (κ3) is 2.99. The Kier molecular flexibility index (Phi) is 5.00. The number of amides is 1. The molecule has 1 aliphatic rings. The molecule has 1 fully saturated rings. The van der Waals surface area contributed by atoms with E-state index in [0.29, 0.717) is 32.6 Å². The fraction of sp³-hybridized carbons (Fsp3) is 0.692. The third-order valence-corrected chi connectivity index (χ3v) is 3.03. The molecule has 1 heterocycles. The number of carbonyl (C=O) groups excluding carboxylic acids is 1. The molecule has 0 radical (unpaired) electrons. The first kappa shape index (κ1) is 13.5. The summed E-state index contributed by atoms with van der Waals surface area (Å²) in [5.41, 5.74) is -0.926. The van der Waals surface area contributed by atoms with Crippen LogP contribution in [0.4, 0.5) is 0 Å². The van der Waals surface area contributed by atoms with Crippen molar-refractivity contribution in [2.24, 2.45) is 5.41 Å². The van der Waals surface area contributed by atoms with Crippen LogP contribution in [-0.2, 0) is 9.53 Å². The van der Waals surface area contributed by atoms with Crippen LogP contribution >= 0.6 is 0 Å². The summed E-state index contributed by atoms with van der Waals surface area (Å²) in [6.07, 6.45) is 7.03. The van der Waals surface area contributed by atoms with Crippen LogP contribution in [0.3, 0.4) is 0 Å². The number of hydrogen-bond acceptors (Lipinski definition) is 3. The Bertz CT molecular complexity index is 345. The van der Waals surface area contributed by atoms with Crippen molar-refractivity contribution < 1.29 is 9.53 Å². The third-order valence-electron chi connectivity index (χ3n) is 3.03. The van der Waals surface area contributed by atoms with Crippen molar-refractivity contribution in [3.05, 3.63) is 0 Å². The number of nitriles is 1. The van der Waals surface area contributed by atoms with Gasteiger partial charge in [-0.05, 0) is 19.3 Å². The maximum Gasteiger partial charge on any atom is 0.244 e. The van der Waals surface area contributed by atoms with E-state index >= 15 is 0 Å². The van der Waals surface area contributed by atoms with Crippen LogP contribution in [0, 0.1) is 29.1 Å². The van der Waals surface area contributed by atoms with Crippen LogP contribution in [0.5, 0.6) is 0 Å². The lowest BCUT2D eigenvalue weighted by atomic mass is 9.80. The summed E-state index contributed by atoms with van der Waals surface area (Å²) in [4.78, 5) is 14.0. The van der Waals surface area contributed by atoms with Crippen LogP contribution in [0.25, 0.3) is 0 Å². The Hall–Kier alpha value is -1.52. The lowest BCUT2D eigenvalue weighted by Gasteiger charge is -2.33. The summed E-state index contributed by atoms with van der Waals surface area (Å²) < 4.78 is 5.21. The Morgan fingerprint density at radius 1 is 1.53 bits per heavy atom. The minimum atomic E-state index is -0.926. The van der Waals surface area contributed by atoms with Gasteiger partial charge in [0.05, 0.1) is 12.6 Å². The van der Waals surface area contributed by atoms with Gasteiger partial charge in [-0.25, -0.2) is 0 Å². The molecule has 1 rings (SSSR count). The van der Waals surface area contributed by atoms with E-state index in [-0.39, 0.29) is 12.5 Å². The van der Waals surface area contributed by atoms with Gasteiger partial charge in [-0.1, -0.05) is 12.8 Å². The van der Waals surface area contributed by atoms with E-state index < -0.39 is 5.41 Å². The van der Waals surface area contributed by atoms with E-state index in [4.69, 9.17) is 11.2 Å². The van der Waals surface area contributed by atoms with Gasteiger partial charge in [0.1, 0.15) is 5.41 Å². The highest BCUT2D eigenvalue weighted by molar-refractivity contribution is 5.85. The number of hydrogen-bond donors (Lipinski definition) is 0. The molecule has 0 atom stereocenters. The second-order valence-electron chi connectivity index (χ2n) is 4.24. The number of ether oxygens (including phenoxy) is 1. The maximum atomic E-state index is 12.4. The highest BCUT2D eigenvalue weighted by Crippen LogP contribution is 2.32. The number of terminal acetylenes is 1. The monoisotopic (exact) mass is 234 g/mol. The van der Waals surface area contributed by atoms with Crippen molar-refractivity contribution in [3.8, 4) is 18.4 Å². The molecule has 0 spiro atoms. The van der Waals surface area contributed by atoms with Gasteiger partial charge in [0.25, 0.3) is 0 Å². The molecule has 0 aliphatic carbocycles. The van der Waals surface area contributed by atoms with E-state index in [1.807, 2.05) is 6.92 Å². The van der Waals surface area contributed by atoms with E-state index in [0.717, 1.165) is 6.42 Å². The van der Waals surface area contributed by atoms with Gasteiger partial charge in [0, 0.05) is 19.8 Å². The molecule has 17 heavy (non-hydrogen) atoms. The second kappa shape index (κ2) is 6.27. The highest BCUT2D eigenvalue weighted by atomic mass is 16.5. The zero-order valence-electron chi connectivity index (χ0n) is 10.2. The van der Waals surface area contributed by atoms with Gasteiger partial charge in [-0.3, -0.25) is 4.79 Å². The first-order valence-corrected chi connectivity index (χ1v) is 5.92. The SMILES string of the molecule is C#CCN(CCC)C(=O)C1(C#N)CCOCC1. The van der Waals surface area contributed by atoms with Crippen molar-refractivity contribution in [1.29, 1.82) is 5.26 Å². The molecule has 0 unspecified atom stereocenters. The average molecular weight is 234 g/mol. The van der Waals surface area contributed by atoms with Gasteiger partial charge < -0.3 is 9.64 Å². The van der Waals surface area contributed by atoms with E-state index in [9.17, 15) is 10.1 Å². The number of rotatable bonds is 4. The molecule has 0 bridgehead atoms. The second-order valence-corrected chi connectivity index (χ2v) is 4.24. The largest absolute Gasteiger partial charge is 0.381 e. The highest BCUT2D eigenvalue weighted by Gasteiger charge is 2.42. The molecule has 4 heteroatoms. The molecule has 0 aromatic carbocycles. The fourth-order valence-electron chi connectivity index (χ4n) is 2.03. The van der Waals surface area contributed by atoms with Crippen molar-refractivity contribution in [1.82, 2.24) is 4.90 Å². The molecule has 0 saturated carbocycles. The zero-order chi connectivity index (χ0) is 12.7. The minimum Gasteiger partial charge on any atom is -0.381 e. The minimum absolute atomic E-state index is 0.136. The number of nitrogens with zero attached hydrogens (tertiary/aromatic N) is 2. The van der Waals surface area contributed by atoms with Gasteiger partial charge in [0.2, 0.25) is 5.91 Å². The van der Waals surface area contributed by atoms with Crippen LogP contribution in [0.1, 0.15) is 26.2 Å². The standard InChI is InChI=1S/C13H18N2O2/c1-3-7-15(8-4-2)12(16)13(11-14)5-9-17-10-6-13/h1H,4-10H2,2H3. The lowest BCUT2D eigenvalue weighted by Crippen LogP contribution is -2.46. The van der Waals surface area contributed by atoms with E-state index in [1.165, 1.54) is 0 Å².